The van der Waals surface area contributed by atoms with Crippen molar-refractivity contribution in [1.82, 2.24) is 0 Å². The van der Waals surface area contributed by atoms with Crippen LogP contribution in [0.15, 0.2) is 29.3 Å². The molecule has 58 valence electrons. The minimum atomic E-state index is 0.495. The van der Waals surface area contributed by atoms with Crippen molar-refractivity contribution in [1.29, 1.82) is 0 Å². The van der Waals surface area contributed by atoms with E-state index in [1.165, 1.54) is 0 Å². The first kappa shape index (κ1) is 8.14. The molecule has 0 unspecified atom stereocenters. The van der Waals surface area contributed by atoms with Crippen LogP contribution in [-0.2, 0) is 0 Å². The van der Waals surface area contributed by atoms with E-state index in [2.05, 4.69) is 22.5 Å². The van der Waals surface area contributed by atoms with E-state index in [0.717, 1.165) is 10.0 Å². The fourth-order valence-electron chi connectivity index (χ4n) is 0.826. The highest BCUT2D eigenvalue weighted by Gasteiger charge is 1.99. The van der Waals surface area contributed by atoms with Crippen LogP contribution in [-0.4, -0.2) is 0 Å². The Labute approximate surface area is 74.0 Å². The van der Waals surface area contributed by atoms with Gasteiger partial charge in [0.05, 0.1) is 0 Å². The summed E-state index contributed by atoms with van der Waals surface area (Å²) in [6, 6.07) is 5.51. The summed E-state index contributed by atoms with van der Waals surface area (Å²) in [5, 5.41) is 0. The van der Waals surface area contributed by atoms with Crippen LogP contribution in [0.2, 0.25) is 0 Å². The van der Waals surface area contributed by atoms with Gasteiger partial charge in [0, 0.05) is 21.4 Å². The summed E-state index contributed by atoms with van der Waals surface area (Å²) in [5.74, 6) is 0. The highest BCUT2D eigenvalue weighted by atomic mass is 79.9. The minimum absolute atomic E-state index is 0.495. The molecule has 0 heterocycles. The number of benzene rings is 1. The molecule has 3 heteroatoms. The number of nitrogen functional groups attached to an aromatic ring is 1. The van der Waals surface area contributed by atoms with E-state index in [1.54, 1.807) is 6.07 Å². The zero-order valence-electron chi connectivity index (χ0n) is 5.97. The fourth-order valence-corrected chi connectivity index (χ4v) is 1.20. The van der Waals surface area contributed by atoms with E-state index in [9.17, 15) is 0 Å². The van der Waals surface area contributed by atoms with Crippen LogP contribution >= 0.6 is 15.9 Å². The number of hydrogen-bond acceptors (Lipinski definition) is 2. The molecular weight excluding hydrogens is 204 g/mol. The molecule has 4 N–H and O–H groups in total. The predicted molar refractivity (Wildman–Crippen MR) is 51.8 cm³/mol. The number of hydrogen-bond donors (Lipinski definition) is 2. The zero-order valence-corrected chi connectivity index (χ0v) is 7.56. The molecule has 0 fully saturated rings. The summed E-state index contributed by atoms with van der Waals surface area (Å²) in [7, 11) is 0. The van der Waals surface area contributed by atoms with Crippen molar-refractivity contribution < 1.29 is 0 Å². The maximum absolute atomic E-state index is 5.65. The van der Waals surface area contributed by atoms with E-state index >= 15 is 0 Å². The maximum atomic E-state index is 5.65. The van der Waals surface area contributed by atoms with Gasteiger partial charge in [-0.05, 0) is 18.2 Å². The summed E-state index contributed by atoms with van der Waals surface area (Å²) in [6.07, 6.45) is 0. The van der Waals surface area contributed by atoms with Gasteiger partial charge in [0.15, 0.2) is 0 Å². The standard InChI is InChI=1S/C8H9BrN2/c1-5(10)7-3-2-6(9)4-8(7)11/h2-4H,1,10-11H2. The molecule has 0 aliphatic heterocycles. The fraction of sp³-hybridized carbons (Fsp3) is 0. The molecule has 0 amide bonds. The molecule has 0 radical (unpaired) electrons. The molecule has 0 aromatic heterocycles. The van der Waals surface area contributed by atoms with Gasteiger partial charge in [-0.15, -0.1) is 0 Å². The first-order valence-electron chi connectivity index (χ1n) is 3.11. The Hall–Kier alpha value is -0.960. The molecule has 11 heavy (non-hydrogen) atoms. The first-order chi connectivity index (χ1) is 5.11. The van der Waals surface area contributed by atoms with Gasteiger partial charge in [-0.3, -0.25) is 0 Å². The monoisotopic (exact) mass is 212 g/mol. The molecule has 0 aliphatic carbocycles. The Balaban J connectivity index is 3.20. The lowest BCUT2D eigenvalue weighted by Crippen LogP contribution is -1.98. The molecular formula is C8H9BrN2. The third-order valence-corrected chi connectivity index (χ3v) is 1.85. The van der Waals surface area contributed by atoms with Gasteiger partial charge in [-0.2, -0.15) is 0 Å². The Morgan fingerprint density at radius 2 is 2.09 bits per heavy atom. The summed E-state index contributed by atoms with van der Waals surface area (Å²) in [6.45, 7) is 3.60. The van der Waals surface area contributed by atoms with Crippen LogP contribution in [0.5, 0.6) is 0 Å². The molecule has 0 saturated heterocycles. The van der Waals surface area contributed by atoms with Gasteiger partial charge in [0.2, 0.25) is 0 Å². The molecule has 1 aromatic carbocycles. The third kappa shape index (κ3) is 1.74. The summed E-state index contributed by atoms with van der Waals surface area (Å²) >= 11 is 3.29. The molecule has 1 rings (SSSR count). The molecule has 0 spiro atoms. The Kier molecular flexibility index (Phi) is 2.19. The molecule has 0 saturated carbocycles. The maximum Gasteiger partial charge on any atom is 0.0419 e. The van der Waals surface area contributed by atoms with E-state index < -0.39 is 0 Å². The predicted octanol–water partition coefficient (Wildman–Crippen LogP) is 1.96. The average Bonchev–Trinajstić information content (AvgIpc) is 1.85. The second kappa shape index (κ2) is 2.96. The van der Waals surface area contributed by atoms with E-state index in [0.29, 0.717) is 11.4 Å². The summed E-state index contributed by atoms with van der Waals surface area (Å²) in [5.41, 5.74) is 13.1. The van der Waals surface area contributed by atoms with Crippen molar-refractivity contribution in [3.8, 4) is 0 Å². The normalized spacial score (nSPS) is 9.55. The van der Waals surface area contributed by atoms with Crippen molar-refractivity contribution in [2.24, 2.45) is 5.73 Å². The van der Waals surface area contributed by atoms with Gasteiger partial charge in [-0.1, -0.05) is 22.5 Å². The van der Waals surface area contributed by atoms with Crippen LogP contribution < -0.4 is 11.5 Å². The van der Waals surface area contributed by atoms with Gasteiger partial charge >= 0.3 is 0 Å². The van der Waals surface area contributed by atoms with Crippen LogP contribution in [0, 0.1) is 0 Å². The summed E-state index contributed by atoms with van der Waals surface area (Å²) < 4.78 is 0.944. The van der Waals surface area contributed by atoms with Crippen molar-refractivity contribution in [3.63, 3.8) is 0 Å². The minimum Gasteiger partial charge on any atom is -0.399 e. The molecule has 0 bridgehead atoms. The van der Waals surface area contributed by atoms with Crippen LogP contribution in [0.4, 0.5) is 5.69 Å². The zero-order chi connectivity index (χ0) is 8.43. The Morgan fingerprint density at radius 3 is 2.55 bits per heavy atom. The molecule has 1 aromatic rings. The largest absolute Gasteiger partial charge is 0.399 e. The van der Waals surface area contributed by atoms with Gasteiger partial charge < -0.3 is 11.5 Å². The van der Waals surface area contributed by atoms with Gasteiger partial charge in [0.25, 0.3) is 0 Å². The lowest BCUT2D eigenvalue weighted by atomic mass is 10.1. The number of halogens is 1. The van der Waals surface area contributed by atoms with Crippen molar-refractivity contribution >= 4 is 27.3 Å². The average molecular weight is 213 g/mol. The highest BCUT2D eigenvalue weighted by molar-refractivity contribution is 9.10. The lowest BCUT2D eigenvalue weighted by molar-refractivity contribution is 1.51. The van der Waals surface area contributed by atoms with Crippen LogP contribution in [0.25, 0.3) is 5.70 Å². The molecule has 0 atom stereocenters. The Morgan fingerprint density at radius 1 is 1.45 bits per heavy atom. The number of nitrogens with two attached hydrogens (primary N) is 2. The van der Waals surface area contributed by atoms with E-state index in [4.69, 9.17) is 11.5 Å². The van der Waals surface area contributed by atoms with Crippen molar-refractivity contribution in [2.75, 3.05) is 5.73 Å². The highest BCUT2D eigenvalue weighted by Crippen LogP contribution is 2.21. The summed E-state index contributed by atoms with van der Waals surface area (Å²) in [4.78, 5) is 0. The van der Waals surface area contributed by atoms with E-state index in [1.807, 2.05) is 12.1 Å². The van der Waals surface area contributed by atoms with Crippen LogP contribution in [0.1, 0.15) is 5.56 Å². The third-order valence-electron chi connectivity index (χ3n) is 1.36. The van der Waals surface area contributed by atoms with Gasteiger partial charge in [0.1, 0.15) is 0 Å². The van der Waals surface area contributed by atoms with E-state index in [-0.39, 0.29) is 0 Å². The second-order valence-electron chi connectivity index (χ2n) is 2.26. The van der Waals surface area contributed by atoms with Gasteiger partial charge in [-0.25, -0.2) is 0 Å². The second-order valence-corrected chi connectivity index (χ2v) is 3.17. The number of anilines is 1. The topological polar surface area (TPSA) is 52.0 Å². The van der Waals surface area contributed by atoms with Crippen molar-refractivity contribution in [3.05, 3.63) is 34.8 Å². The lowest BCUT2D eigenvalue weighted by Gasteiger charge is -2.03. The first-order valence-corrected chi connectivity index (χ1v) is 3.90. The Bertz CT molecular complexity index is 294. The molecule has 0 aliphatic rings. The smallest absolute Gasteiger partial charge is 0.0419 e. The van der Waals surface area contributed by atoms with Crippen molar-refractivity contribution in [2.45, 2.75) is 0 Å². The molecule has 2 nitrogen and oxygen atoms in total. The number of rotatable bonds is 1. The van der Waals surface area contributed by atoms with Crippen LogP contribution in [0.3, 0.4) is 0 Å². The quantitative estimate of drug-likeness (QED) is 0.700. The SMILES string of the molecule is C=C(N)c1ccc(Br)cc1N.